The number of amides is 1. The highest BCUT2D eigenvalue weighted by Gasteiger charge is 2.31. The van der Waals surface area contributed by atoms with Crippen molar-refractivity contribution in [1.29, 1.82) is 5.41 Å². The maximum absolute atomic E-state index is 13.2. The maximum Gasteiger partial charge on any atom is 0.273 e. The maximum atomic E-state index is 13.2. The summed E-state index contributed by atoms with van der Waals surface area (Å²) < 4.78 is 0. The molecule has 4 rings (SSSR count). The van der Waals surface area contributed by atoms with Gasteiger partial charge in [0.25, 0.3) is 5.91 Å². The number of thiazole rings is 1. The van der Waals surface area contributed by atoms with Crippen LogP contribution in [0.2, 0.25) is 0 Å². The zero-order valence-corrected chi connectivity index (χ0v) is 16.9. The molecule has 2 heterocycles. The average Bonchev–Trinajstić information content (AvgIpc) is 3.27. The summed E-state index contributed by atoms with van der Waals surface area (Å²) in [5.74, 6) is -0.113. The van der Waals surface area contributed by atoms with Gasteiger partial charge < -0.3 is 15.6 Å². The summed E-state index contributed by atoms with van der Waals surface area (Å²) in [5, 5.41) is 13.5. The number of carbonyl (C=O) groups is 1. The van der Waals surface area contributed by atoms with Gasteiger partial charge in [-0.15, -0.1) is 11.3 Å². The molecule has 3 aromatic rings. The first-order valence-corrected chi connectivity index (χ1v) is 10.3. The van der Waals surface area contributed by atoms with Crippen LogP contribution in [0.15, 0.2) is 71.8 Å². The zero-order chi connectivity index (χ0) is 20.2. The summed E-state index contributed by atoms with van der Waals surface area (Å²) in [5.41, 5.74) is 4.62. The van der Waals surface area contributed by atoms with Crippen molar-refractivity contribution in [1.82, 2.24) is 15.2 Å². The molecule has 1 amide bonds. The SMILES string of the molecule is CN/C=C(\C=N)C1CN(C(=O)c2csc(-c3ccccc3)n2)Cc2ccccc21. The van der Waals surface area contributed by atoms with Crippen LogP contribution < -0.4 is 5.32 Å². The highest BCUT2D eigenvalue weighted by atomic mass is 32.1. The van der Waals surface area contributed by atoms with Crippen molar-refractivity contribution in [3.63, 3.8) is 0 Å². The highest BCUT2D eigenvalue weighted by molar-refractivity contribution is 7.13. The van der Waals surface area contributed by atoms with Crippen LogP contribution in [0.4, 0.5) is 0 Å². The van der Waals surface area contributed by atoms with E-state index in [1.807, 2.05) is 66.0 Å². The van der Waals surface area contributed by atoms with Gasteiger partial charge in [0, 0.05) is 49.4 Å². The predicted octanol–water partition coefficient (Wildman–Crippen LogP) is 4.30. The summed E-state index contributed by atoms with van der Waals surface area (Å²) in [6.45, 7) is 1.07. The molecule has 0 aliphatic carbocycles. The van der Waals surface area contributed by atoms with E-state index in [9.17, 15) is 4.79 Å². The smallest absolute Gasteiger partial charge is 0.273 e. The topological polar surface area (TPSA) is 69.1 Å². The van der Waals surface area contributed by atoms with Crippen molar-refractivity contribution < 1.29 is 4.79 Å². The highest BCUT2D eigenvalue weighted by Crippen LogP contribution is 2.34. The first-order valence-electron chi connectivity index (χ1n) is 9.47. The van der Waals surface area contributed by atoms with Crippen molar-refractivity contribution in [2.24, 2.45) is 0 Å². The van der Waals surface area contributed by atoms with E-state index >= 15 is 0 Å². The van der Waals surface area contributed by atoms with E-state index in [4.69, 9.17) is 5.41 Å². The van der Waals surface area contributed by atoms with Crippen LogP contribution in [-0.4, -0.2) is 35.6 Å². The van der Waals surface area contributed by atoms with Crippen molar-refractivity contribution in [3.05, 3.63) is 88.6 Å². The lowest BCUT2D eigenvalue weighted by atomic mass is 9.85. The quantitative estimate of drug-likeness (QED) is 0.625. The Bertz CT molecular complexity index is 1060. The van der Waals surface area contributed by atoms with Gasteiger partial charge in [-0.25, -0.2) is 4.98 Å². The van der Waals surface area contributed by atoms with Crippen molar-refractivity contribution in [3.8, 4) is 10.6 Å². The van der Waals surface area contributed by atoms with Crippen LogP contribution in [-0.2, 0) is 6.54 Å². The molecule has 1 aliphatic heterocycles. The second-order valence-electron chi connectivity index (χ2n) is 6.92. The van der Waals surface area contributed by atoms with Gasteiger partial charge in [-0.1, -0.05) is 54.6 Å². The van der Waals surface area contributed by atoms with E-state index in [2.05, 4.69) is 22.4 Å². The molecule has 1 atom stereocenters. The summed E-state index contributed by atoms with van der Waals surface area (Å²) in [4.78, 5) is 19.7. The second-order valence-corrected chi connectivity index (χ2v) is 7.78. The molecular formula is C23H22N4OS. The lowest BCUT2D eigenvalue weighted by Gasteiger charge is -2.35. The number of carbonyl (C=O) groups excluding carboxylic acids is 1. The van der Waals surface area contributed by atoms with Crippen LogP contribution in [0.5, 0.6) is 0 Å². The number of fused-ring (bicyclic) bond motifs is 1. The Morgan fingerprint density at radius 1 is 1.21 bits per heavy atom. The van der Waals surface area contributed by atoms with E-state index in [-0.39, 0.29) is 11.8 Å². The lowest BCUT2D eigenvalue weighted by molar-refractivity contribution is 0.0720. The van der Waals surface area contributed by atoms with Gasteiger partial charge in [0.2, 0.25) is 0 Å². The zero-order valence-electron chi connectivity index (χ0n) is 16.1. The Balaban J connectivity index is 1.64. The average molecular weight is 403 g/mol. The third-order valence-corrected chi connectivity index (χ3v) is 6.00. The first kappa shape index (κ1) is 19.1. The minimum Gasteiger partial charge on any atom is -0.394 e. The molecule has 2 aromatic carbocycles. The molecule has 1 aliphatic rings. The van der Waals surface area contributed by atoms with Gasteiger partial charge in [-0.2, -0.15) is 0 Å². The molecule has 0 bridgehead atoms. The standard InChI is InChI=1S/C23H22N4OS/c1-25-12-18(11-24)20-14-27(13-17-9-5-6-10-19(17)20)23(28)21-15-29-22(26-21)16-7-3-2-4-8-16/h2-12,15,20,24-25H,13-14H2,1H3/b18-12+,24-11?. The van der Waals surface area contributed by atoms with E-state index in [0.29, 0.717) is 18.8 Å². The Morgan fingerprint density at radius 2 is 1.97 bits per heavy atom. The van der Waals surface area contributed by atoms with E-state index in [1.165, 1.54) is 23.1 Å². The fourth-order valence-electron chi connectivity index (χ4n) is 3.70. The molecule has 146 valence electrons. The fourth-order valence-corrected chi connectivity index (χ4v) is 4.50. The van der Waals surface area contributed by atoms with Crippen LogP contribution in [0.25, 0.3) is 10.6 Å². The van der Waals surface area contributed by atoms with Gasteiger partial charge in [0.15, 0.2) is 0 Å². The molecule has 0 saturated carbocycles. The Kier molecular flexibility index (Phi) is 5.53. The predicted molar refractivity (Wildman–Crippen MR) is 117 cm³/mol. The number of nitrogens with zero attached hydrogens (tertiary/aromatic N) is 2. The Morgan fingerprint density at radius 3 is 2.72 bits per heavy atom. The second kappa shape index (κ2) is 8.41. The van der Waals surface area contributed by atoms with Crippen LogP contribution in [0.3, 0.4) is 0 Å². The summed E-state index contributed by atoms with van der Waals surface area (Å²) in [6.07, 6.45) is 3.20. The molecule has 0 radical (unpaired) electrons. The largest absolute Gasteiger partial charge is 0.394 e. The molecule has 1 aromatic heterocycles. The number of hydrogen-bond donors (Lipinski definition) is 2. The van der Waals surface area contributed by atoms with Gasteiger partial charge >= 0.3 is 0 Å². The van der Waals surface area contributed by atoms with Crippen molar-refractivity contribution in [2.45, 2.75) is 12.5 Å². The number of hydrogen-bond acceptors (Lipinski definition) is 5. The lowest BCUT2D eigenvalue weighted by Crippen LogP contribution is -2.39. The Labute approximate surface area is 174 Å². The molecular weight excluding hydrogens is 380 g/mol. The third kappa shape index (κ3) is 3.84. The molecule has 1 unspecified atom stereocenters. The molecule has 0 fully saturated rings. The van der Waals surface area contributed by atoms with Gasteiger partial charge in [-0.05, 0) is 16.7 Å². The van der Waals surface area contributed by atoms with E-state index in [1.54, 1.807) is 0 Å². The van der Waals surface area contributed by atoms with E-state index in [0.717, 1.165) is 21.7 Å². The number of nitrogens with one attached hydrogen (secondary N) is 2. The minimum atomic E-state index is -0.0725. The monoisotopic (exact) mass is 402 g/mol. The Hall–Kier alpha value is -3.25. The van der Waals surface area contributed by atoms with Gasteiger partial charge in [0.05, 0.1) is 0 Å². The van der Waals surface area contributed by atoms with Crippen LogP contribution in [0.1, 0.15) is 27.5 Å². The molecule has 2 N–H and O–H groups in total. The molecule has 6 heteroatoms. The fraction of sp³-hybridized carbons (Fsp3) is 0.174. The minimum absolute atomic E-state index is 0.0407. The molecule has 5 nitrogen and oxygen atoms in total. The van der Waals surface area contributed by atoms with Crippen LogP contribution in [0, 0.1) is 5.41 Å². The van der Waals surface area contributed by atoms with Crippen molar-refractivity contribution >= 4 is 23.5 Å². The molecule has 0 saturated heterocycles. The summed E-state index contributed by atoms with van der Waals surface area (Å²) in [6, 6.07) is 18.0. The summed E-state index contributed by atoms with van der Waals surface area (Å²) >= 11 is 1.48. The number of rotatable bonds is 5. The number of aromatic nitrogens is 1. The third-order valence-electron chi connectivity index (χ3n) is 5.11. The normalized spacial score (nSPS) is 16.2. The van der Waals surface area contributed by atoms with Gasteiger partial charge in [-0.3, -0.25) is 4.79 Å². The van der Waals surface area contributed by atoms with Gasteiger partial charge in [0.1, 0.15) is 10.7 Å². The van der Waals surface area contributed by atoms with Crippen LogP contribution >= 0.6 is 11.3 Å². The first-order chi connectivity index (χ1) is 14.2. The summed E-state index contributed by atoms with van der Waals surface area (Å²) in [7, 11) is 1.82. The molecule has 0 spiro atoms. The van der Waals surface area contributed by atoms with Crippen molar-refractivity contribution in [2.75, 3.05) is 13.6 Å². The van der Waals surface area contributed by atoms with E-state index < -0.39 is 0 Å². The number of benzene rings is 2. The molecule has 29 heavy (non-hydrogen) atoms.